The first-order chi connectivity index (χ1) is 7.54. The number of ether oxygens (including phenoxy) is 1. The average molecular weight is 332 g/mol. The van der Waals surface area contributed by atoms with Crippen LogP contribution in [-0.2, 0) is 0 Å². The van der Waals surface area contributed by atoms with Gasteiger partial charge in [-0.3, -0.25) is 4.79 Å². The fourth-order valence-corrected chi connectivity index (χ4v) is 2.07. The molecule has 0 saturated heterocycles. The average Bonchev–Trinajstić information content (AvgIpc) is 2.23. The van der Waals surface area contributed by atoms with E-state index in [1.165, 1.54) is 19.2 Å². The molecule has 0 radical (unpaired) electrons. The van der Waals surface area contributed by atoms with Crippen LogP contribution in [0, 0.1) is 10.5 Å². The van der Waals surface area contributed by atoms with Gasteiger partial charge in [0, 0.05) is 12.1 Å². The lowest BCUT2D eigenvalue weighted by Gasteiger charge is -2.08. The first kappa shape index (κ1) is 11.3. The summed E-state index contributed by atoms with van der Waals surface area (Å²) >= 11 is 1.93. The first-order valence-electron chi connectivity index (χ1n) is 4.54. The quantitative estimate of drug-likeness (QED) is 0.815. The van der Waals surface area contributed by atoms with Gasteiger partial charge in [-0.15, -0.1) is 0 Å². The van der Waals surface area contributed by atoms with Crippen LogP contribution >= 0.6 is 22.6 Å². The number of methoxy groups -OCH3 is 1. The van der Waals surface area contributed by atoms with Gasteiger partial charge in [0.25, 0.3) is 0 Å². The summed E-state index contributed by atoms with van der Waals surface area (Å²) < 4.78 is 11.0. The molecule has 0 amide bonds. The van der Waals surface area contributed by atoms with Crippen LogP contribution in [0.4, 0.5) is 0 Å². The van der Waals surface area contributed by atoms with E-state index in [4.69, 9.17) is 9.15 Å². The van der Waals surface area contributed by atoms with Gasteiger partial charge in [0.2, 0.25) is 0 Å². The molecule has 0 fully saturated rings. The minimum absolute atomic E-state index is 0.0405. The number of phenolic OH excluding ortho intramolecular Hbond substituents is 1. The maximum absolute atomic E-state index is 11.8. The Hall–Kier alpha value is -1.24. The second-order valence-electron chi connectivity index (χ2n) is 3.34. The fourth-order valence-electron chi connectivity index (χ4n) is 1.54. The van der Waals surface area contributed by atoms with E-state index < -0.39 is 0 Å². The Bertz CT molecular complexity index is 615. The summed E-state index contributed by atoms with van der Waals surface area (Å²) in [6.45, 7) is 1.69. The van der Waals surface area contributed by atoms with Crippen molar-refractivity contribution in [1.29, 1.82) is 0 Å². The van der Waals surface area contributed by atoms with Crippen molar-refractivity contribution in [2.75, 3.05) is 7.11 Å². The van der Waals surface area contributed by atoms with Crippen molar-refractivity contribution in [3.8, 4) is 11.5 Å². The van der Waals surface area contributed by atoms with E-state index in [0.717, 1.165) is 0 Å². The number of hydrogen-bond acceptors (Lipinski definition) is 4. The Morgan fingerprint density at radius 2 is 2.12 bits per heavy atom. The van der Waals surface area contributed by atoms with Gasteiger partial charge in [0.1, 0.15) is 22.6 Å². The van der Waals surface area contributed by atoms with Gasteiger partial charge >= 0.3 is 0 Å². The Morgan fingerprint density at radius 3 is 2.75 bits per heavy atom. The molecule has 16 heavy (non-hydrogen) atoms. The largest absolute Gasteiger partial charge is 0.507 e. The standard InChI is InChI=1S/C11H9IO4/c1-5-3-6(13)9-8(15-2)4-7(14)10(12)11(9)16-5/h3-4,14H,1-2H3. The number of benzene rings is 1. The van der Waals surface area contributed by atoms with Crippen LogP contribution in [-0.4, -0.2) is 12.2 Å². The van der Waals surface area contributed by atoms with Crippen molar-refractivity contribution < 1.29 is 14.3 Å². The molecular formula is C11H9IO4. The highest BCUT2D eigenvalue weighted by atomic mass is 127. The first-order valence-corrected chi connectivity index (χ1v) is 5.62. The molecule has 0 atom stereocenters. The van der Waals surface area contributed by atoms with E-state index in [1.54, 1.807) is 6.92 Å². The van der Waals surface area contributed by atoms with Crippen molar-refractivity contribution in [2.24, 2.45) is 0 Å². The molecule has 2 aromatic rings. The van der Waals surface area contributed by atoms with Gasteiger partial charge in [-0.2, -0.15) is 0 Å². The summed E-state index contributed by atoms with van der Waals surface area (Å²) in [6, 6.07) is 2.81. The third kappa shape index (κ3) is 1.64. The van der Waals surface area contributed by atoms with E-state index in [2.05, 4.69) is 0 Å². The van der Waals surface area contributed by atoms with Crippen LogP contribution in [0.5, 0.6) is 11.5 Å². The van der Waals surface area contributed by atoms with Gasteiger partial charge in [-0.25, -0.2) is 0 Å². The zero-order valence-electron chi connectivity index (χ0n) is 8.70. The monoisotopic (exact) mass is 332 g/mol. The number of fused-ring (bicyclic) bond motifs is 1. The molecule has 1 aromatic heterocycles. The number of hydrogen-bond donors (Lipinski definition) is 1. The molecule has 0 aliphatic rings. The van der Waals surface area contributed by atoms with Gasteiger partial charge in [-0.05, 0) is 29.5 Å². The molecule has 84 valence electrons. The smallest absolute Gasteiger partial charge is 0.196 e. The number of halogens is 1. The van der Waals surface area contributed by atoms with Crippen LogP contribution < -0.4 is 10.2 Å². The van der Waals surface area contributed by atoms with E-state index in [0.29, 0.717) is 26.0 Å². The molecule has 1 heterocycles. The Balaban J connectivity index is 3.05. The summed E-state index contributed by atoms with van der Waals surface area (Å²) in [5, 5.41) is 10.0. The summed E-state index contributed by atoms with van der Waals surface area (Å²) in [5.41, 5.74) is 0.191. The van der Waals surface area contributed by atoms with Crippen LogP contribution in [0.15, 0.2) is 21.3 Å². The summed E-state index contributed by atoms with van der Waals surface area (Å²) in [6.07, 6.45) is 0. The minimum atomic E-state index is -0.173. The SMILES string of the molecule is COc1cc(O)c(I)c2oc(C)cc(=O)c12. The predicted octanol–water partition coefficient (Wildman–Crippen LogP) is 2.42. The van der Waals surface area contributed by atoms with E-state index in [1.807, 2.05) is 22.6 Å². The normalized spacial score (nSPS) is 10.7. The molecule has 0 spiro atoms. The Morgan fingerprint density at radius 1 is 1.44 bits per heavy atom. The summed E-state index contributed by atoms with van der Waals surface area (Å²) in [7, 11) is 1.44. The molecule has 5 heteroatoms. The maximum Gasteiger partial charge on any atom is 0.196 e. The molecule has 0 aliphatic carbocycles. The van der Waals surface area contributed by atoms with E-state index >= 15 is 0 Å². The minimum Gasteiger partial charge on any atom is -0.507 e. The lowest BCUT2D eigenvalue weighted by molar-refractivity contribution is 0.410. The van der Waals surface area contributed by atoms with Gasteiger partial charge in [-0.1, -0.05) is 0 Å². The fraction of sp³-hybridized carbons (Fsp3) is 0.182. The third-order valence-electron chi connectivity index (χ3n) is 2.23. The second kappa shape index (κ2) is 3.97. The second-order valence-corrected chi connectivity index (χ2v) is 4.42. The lowest BCUT2D eigenvalue weighted by Crippen LogP contribution is -2.03. The van der Waals surface area contributed by atoms with Crippen molar-refractivity contribution >= 4 is 33.6 Å². The van der Waals surface area contributed by atoms with Crippen LogP contribution in [0.3, 0.4) is 0 Å². The molecule has 0 saturated carbocycles. The Labute approximate surface area is 105 Å². The topological polar surface area (TPSA) is 59.7 Å². The van der Waals surface area contributed by atoms with Crippen LogP contribution in [0.1, 0.15) is 5.76 Å². The molecule has 0 bridgehead atoms. The van der Waals surface area contributed by atoms with Crippen molar-refractivity contribution in [1.82, 2.24) is 0 Å². The van der Waals surface area contributed by atoms with Crippen molar-refractivity contribution in [3.63, 3.8) is 0 Å². The Kier molecular flexibility index (Phi) is 2.79. The predicted molar refractivity (Wildman–Crippen MR) is 68.2 cm³/mol. The van der Waals surface area contributed by atoms with E-state index in [-0.39, 0.29) is 11.2 Å². The molecule has 4 nitrogen and oxygen atoms in total. The molecule has 2 rings (SSSR count). The molecule has 1 N–H and O–H groups in total. The summed E-state index contributed by atoms with van der Waals surface area (Å²) in [4.78, 5) is 11.8. The number of rotatable bonds is 1. The molecule has 0 unspecified atom stereocenters. The zero-order valence-corrected chi connectivity index (χ0v) is 10.9. The summed E-state index contributed by atoms with van der Waals surface area (Å²) in [5.74, 6) is 0.864. The van der Waals surface area contributed by atoms with Crippen molar-refractivity contribution in [2.45, 2.75) is 6.92 Å². The lowest BCUT2D eigenvalue weighted by atomic mass is 10.2. The van der Waals surface area contributed by atoms with E-state index in [9.17, 15) is 9.90 Å². The molecular weight excluding hydrogens is 323 g/mol. The highest BCUT2D eigenvalue weighted by Crippen LogP contribution is 2.34. The van der Waals surface area contributed by atoms with Gasteiger partial charge in [0.15, 0.2) is 11.0 Å². The highest BCUT2D eigenvalue weighted by molar-refractivity contribution is 14.1. The maximum atomic E-state index is 11.8. The molecule has 1 aromatic carbocycles. The van der Waals surface area contributed by atoms with Crippen LogP contribution in [0.25, 0.3) is 11.0 Å². The van der Waals surface area contributed by atoms with Gasteiger partial charge in [0.05, 0.1) is 10.7 Å². The van der Waals surface area contributed by atoms with Crippen molar-refractivity contribution in [3.05, 3.63) is 31.7 Å². The zero-order chi connectivity index (χ0) is 11.9. The molecule has 0 aliphatic heterocycles. The highest BCUT2D eigenvalue weighted by Gasteiger charge is 2.15. The number of aryl methyl sites for hydroxylation is 1. The van der Waals surface area contributed by atoms with Gasteiger partial charge < -0.3 is 14.3 Å². The van der Waals surface area contributed by atoms with Crippen LogP contribution in [0.2, 0.25) is 0 Å². The number of phenols is 1. The third-order valence-corrected chi connectivity index (χ3v) is 3.27. The number of aromatic hydroxyl groups is 1.